The summed E-state index contributed by atoms with van der Waals surface area (Å²) in [4.78, 5) is 11.4. The highest BCUT2D eigenvalue weighted by molar-refractivity contribution is 5.82. The van der Waals surface area contributed by atoms with Gasteiger partial charge in [-0.1, -0.05) is 30.7 Å². The zero-order chi connectivity index (χ0) is 12.1. The maximum absolute atomic E-state index is 11.4. The maximum atomic E-state index is 11.4. The Labute approximate surface area is 100 Å². The third-order valence-corrected chi connectivity index (χ3v) is 4.29. The molecule has 17 heavy (non-hydrogen) atoms. The lowest BCUT2D eigenvalue weighted by Crippen LogP contribution is -2.42. The van der Waals surface area contributed by atoms with E-state index in [4.69, 9.17) is 0 Å². The SMILES string of the molecule is O=C(O)C1(c2cccc(C3(O)CC3)c2)CCC1. The summed E-state index contributed by atoms with van der Waals surface area (Å²) in [5, 5.41) is 19.5. The fourth-order valence-electron chi connectivity index (χ4n) is 2.67. The lowest BCUT2D eigenvalue weighted by atomic mass is 9.64. The summed E-state index contributed by atoms with van der Waals surface area (Å²) in [6.45, 7) is 0. The van der Waals surface area contributed by atoms with E-state index in [1.165, 1.54) is 0 Å². The van der Waals surface area contributed by atoms with Crippen molar-refractivity contribution in [3.05, 3.63) is 35.4 Å². The van der Waals surface area contributed by atoms with Crippen LogP contribution >= 0.6 is 0 Å². The van der Waals surface area contributed by atoms with E-state index in [-0.39, 0.29) is 0 Å². The summed E-state index contributed by atoms with van der Waals surface area (Å²) < 4.78 is 0. The van der Waals surface area contributed by atoms with Gasteiger partial charge >= 0.3 is 5.97 Å². The highest BCUT2D eigenvalue weighted by Gasteiger charge is 2.47. The van der Waals surface area contributed by atoms with Crippen LogP contribution in [0.4, 0.5) is 0 Å². The van der Waals surface area contributed by atoms with Gasteiger partial charge < -0.3 is 10.2 Å². The van der Waals surface area contributed by atoms with Crippen LogP contribution in [0.5, 0.6) is 0 Å². The van der Waals surface area contributed by atoms with Crippen LogP contribution in [0, 0.1) is 0 Å². The summed E-state index contributed by atoms with van der Waals surface area (Å²) >= 11 is 0. The van der Waals surface area contributed by atoms with Crippen LogP contribution in [0.3, 0.4) is 0 Å². The number of rotatable bonds is 3. The third-order valence-electron chi connectivity index (χ3n) is 4.29. The number of hydrogen-bond donors (Lipinski definition) is 2. The Balaban J connectivity index is 2.00. The molecule has 0 saturated heterocycles. The molecule has 0 unspecified atom stereocenters. The summed E-state index contributed by atoms with van der Waals surface area (Å²) in [6, 6.07) is 7.53. The number of aliphatic hydroxyl groups is 1. The predicted molar refractivity (Wildman–Crippen MR) is 62.7 cm³/mol. The molecule has 0 amide bonds. The molecule has 2 N–H and O–H groups in total. The molecular formula is C14H16O3. The number of hydrogen-bond acceptors (Lipinski definition) is 2. The van der Waals surface area contributed by atoms with Gasteiger partial charge in [-0.25, -0.2) is 0 Å². The molecule has 90 valence electrons. The molecule has 2 fully saturated rings. The van der Waals surface area contributed by atoms with Gasteiger partial charge in [0.1, 0.15) is 0 Å². The van der Waals surface area contributed by atoms with Crippen molar-refractivity contribution in [2.75, 3.05) is 0 Å². The number of carbonyl (C=O) groups is 1. The molecule has 3 heteroatoms. The van der Waals surface area contributed by atoms with E-state index in [0.717, 1.165) is 30.4 Å². The first-order valence-corrected chi connectivity index (χ1v) is 6.14. The van der Waals surface area contributed by atoms with Gasteiger partial charge in [0.2, 0.25) is 0 Å². The highest BCUT2D eigenvalue weighted by atomic mass is 16.4. The molecule has 1 aromatic rings. The molecule has 0 atom stereocenters. The lowest BCUT2D eigenvalue weighted by molar-refractivity contribution is -0.147. The van der Waals surface area contributed by atoms with Crippen LogP contribution in [0.15, 0.2) is 24.3 Å². The summed E-state index contributed by atoms with van der Waals surface area (Å²) in [5.74, 6) is -0.733. The van der Waals surface area contributed by atoms with Gasteiger partial charge in [0, 0.05) is 0 Å². The fraction of sp³-hybridized carbons (Fsp3) is 0.500. The number of aliphatic carboxylic acids is 1. The minimum Gasteiger partial charge on any atom is -0.481 e. The molecule has 3 rings (SSSR count). The monoisotopic (exact) mass is 232 g/mol. The van der Waals surface area contributed by atoms with Crippen molar-refractivity contribution in [1.29, 1.82) is 0 Å². The van der Waals surface area contributed by atoms with Crippen LogP contribution in [0.2, 0.25) is 0 Å². The van der Waals surface area contributed by atoms with Crippen LogP contribution in [-0.4, -0.2) is 16.2 Å². The summed E-state index contributed by atoms with van der Waals surface area (Å²) in [7, 11) is 0. The molecule has 0 spiro atoms. The first kappa shape index (κ1) is 10.8. The van der Waals surface area contributed by atoms with Crippen LogP contribution < -0.4 is 0 Å². The first-order chi connectivity index (χ1) is 8.07. The molecule has 0 heterocycles. The smallest absolute Gasteiger partial charge is 0.314 e. The molecule has 0 aliphatic heterocycles. The van der Waals surface area contributed by atoms with E-state index < -0.39 is 17.0 Å². The molecule has 3 nitrogen and oxygen atoms in total. The normalized spacial score (nSPS) is 23.8. The quantitative estimate of drug-likeness (QED) is 0.839. The summed E-state index contributed by atoms with van der Waals surface area (Å²) in [6.07, 6.45) is 3.97. The van der Waals surface area contributed by atoms with E-state index in [1.54, 1.807) is 0 Å². The van der Waals surface area contributed by atoms with Crippen LogP contribution in [0.25, 0.3) is 0 Å². The Kier molecular flexibility index (Phi) is 2.11. The van der Waals surface area contributed by atoms with Crippen LogP contribution in [0.1, 0.15) is 43.2 Å². The van der Waals surface area contributed by atoms with E-state index in [2.05, 4.69) is 0 Å². The standard InChI is InChI=1S/C14H16O3/c15-12(16)13(5-2-6-13)10-3-1-4-11(9-10)14(17)7-8-14/h1,3-4,9,17H,2,5-8H2,(H,15,16). The second-order valence-corrected chi connectivity index (χ2v) is 5.35. The number of benzene rings is 1. The van der Waals surface area contributed by atoms with Gasteiger partial charge in [-0.05, 0) is 36.8 Å². The average Bonchev–Trinajstić information content (AvgIpc) is 2.96. The van der Waals surface area contributed by atoms with Crippen molar-refractivity contribution in [1.82, 2.24) is 0 Å². The topological polar surface area (TPSA) is 57.5 Å². The Morgan fingerprint density at radius 1 is 1.12 bits per heavy atom. The zero-order valence-electron chi connectivity index (χ0n) is 9.65. The van der Waals surface area contributed by atoms with Crippen molar-refractivity contribution in [2.45, 2.75) is 43.1 Å². The number of carboxylic acid groups (broad SMARTS) is 1. The van der Waals surface area contributed by atoms with E-state index in [1.807, 2.05) is 24.3 Å². The van der Waals surface area contributed by atoms with Crippen molar-refractivity contribution in [3.63, 3.8) is 0 Å². The number of carboxylic acids is 1. The maximum Gasteiger partial charge on any atom is 0.314 e. The average molecular weight is 232 g/mol. The van der Waals surface area contributed by atoms with Gasteiger partial charge in [0.15, 0.2) is 0 Å². The fourth-order valence-corrected chi connectivity index (χ4v) is 2.67. The zero-order valence-corrected chi connectivity index (χ0v) is 9.65. The van der Waals surface area contributed by atoms with Crippen molar-refractivity contribution in [3.8, 4) is 0 Å². The van der Waals surface area contributed by atoms with Gasteiger partial charge in [-0.2, -0.15) is 0 Å². The van der Waals surface area contributed by atoms with Crippen LogP contribution in [-0.2, 0) is 15.8 Å². The largest absolute Gasteiger partial charge is 0.481 e. The van der Waals surface area contributed by atoms with Crippen molar-refractivity contribution in [2.24, 2.45) is 0 Å². The molecule has 0 bridgehead atoms. The highest BCUT2D eigenvalue weighted by Crippen LogP contribution is 2.48. The second-order valence-electron chi connectivity index (χ2n) is 5.35. The van der Waals surface area contributed by atoms with E-state index in [0.29, 0.717) is 12.8 Å². The van der Waals surface area contributed by atoms with Crippen molar-refractivity contribution < 1.29 is 15.0 Å². The third kappa shape index (κ3) is 1.49. The van der Waals surface area contributed by atoms with Gasteiger partial charge in [0.25, 0.3) is 0 Å². The molecule has 0 radical (unpaired) electrons. The molecular weight excluding hydrogens is 216 g/mol. The Bertz CT molecular complexity index is 470. The Hall–Kier alpha value is -1.35. The Morgan fingerprint density at radius 2 is 1.76 bits per heavy atom. The minimum atomic E-state index is -0.733. The van der Waals surface area contributed by atoms with Gasteiger partial charge in [0.05, 0.1) is 11.0 Å². The molecule has 2 aliphatic carbocycles. The molecule has 2 saturated carbocycles. The molecule has 1 aromatic carbocycles. The molecule has 0 aromatic heterocycles. The van der Waals surface area contributed by atoms with Crippen molar-refractivity contribution >= 4 is 5.97 Å². The first-order valence-electron chi connectivity index (χ1n) is 6.14. The van der Waals surface area contributed by atoms with E-state index >= 15 is 0 Å². The van der Waals surface area contributed by atoms with Gasteiger partial charge in [-0.3, -0.25) is 4.79 Å². The second kappa shape index (κ2) is 3.33. The summed E-state index contributed by atoms with van der Waals surface area (Å²) in [5.41, 5.74) is 0.359. The van der Waals surface area contributed by atoms with Gasteiger partial charge in [-0.15, -0.1) is 0 Å². The van der Waals surface area contributed by atoms with E-state index in [9.17, 15) is 15.0 Å². The Morgan fingerprint density at radius 3 is 2.24 bits per heavy atom. The minimum absolute atomic E-state index is 0.681. The lowest BCUT2D eigenvalue weighted by Gasteiger charge is -2.38. The predicted octanol–water partition coefficient (Wildman–Crippen LogP) is 2.17. The molecule has 2 aliphatic rings.